The number of carbonyl (C=O) groups is 2. The van der Waals surface area contributed by atoms with Crippen molar-refractivity contribution in [3.8, 4) is 6.07 Å². The Labute approximate surface area is 222 Å². The number of anilines is 1. The minimum Gasteiger partial charge on any atom is -0.459 e. The van der Waals surface area contributed by atoms with Gasteiger partial charge in [0.25, 0.3) is 0 Å². The van der Waals surface area contributed by atoms with Crippen molar-refractivity contribution in [3.63, 3.8) is 0 Å². The zero-order valence-corrected chi connectivity index (χ0v) is 21.8. The number of rotatable bonds is 10. The van der Waals surface area contributed by atoms with Gasteiger partial charge < -0.3 is 20.4 Å². The number of carbonyl (C=O) groups excluding carboxylic acids is 2. The Bertz CT molecular complexity index is 1450. The van der Waals surface area contributed by atoms with Crippen LogP contribution < -0.4 is 10.6 Å². The Balaban J connectivity index is 1.61. The van der Waals surface area contributed by atoms with Gasteiger partial charge in [-0.15, -0.1) is 0 Å². The summed E-state index contributed by atoms with van der Waals surface area (Å²) < 4.78 is 5.47. The minimum atomic E-state index is -0.754. The molecule has 2 atom stereocenters. The molecule has 0 amide bonds. The van der Waals surface area contributed by atoms with Crippen LogP contribution in [0.15, 0.2) is 85.1 Å². The van der Waals surface area contributed by atoms with E-state index in [0.717, 1.165) is 16.5 Å². The molecular weight excluding hydrogens is 476 g/mol. The molecule has 0 aliphatic carbocycles. The highest BCUT2D eigenvalue weighted by molar-refractivity contribution is 6.12. The first-order valence-electron chi connectivity index (χ1n) is 12.6. The van der Waals surface area contributed by atoms with E-state index in [9.17, 15) is 14.9 Å². The predicted molar refractivity (Wildman–Crippen MR) is 149 cm³/mol. The summed E-state index contributed by atoms with van der Waals surface area (Å²) in [6, 6.07) is 25.2. The molecule has 4 rings (SSSR count). The highest BCUT2D eigenvalue weighted by Gasteiger charge is 2.26. The third-order valence-corrected chi connectivity index (χ3v) is 6.10. The number of para-hydroxylation sites is 2. The van der Waals surface area contributed by atoms with Gasteiger partial charge in [0, 0.05) is 40.0 Å². The van der Waals surface area contributed by atoms with Crippen LogP contribution in [0, 0.1) is 11.3 Å². The van der Waals surface area contributed by atoms with Crippen LogP contribution in [-0.2, 0) is 16.0 Å². The summed E-state index contributed by atoms with van der Waals surface area (Å²) in [6.45, 7) is 5.38. The number of nitriles is 1. The third kappa shape index (κ3) is 6.67. The van der Waals surface area contributed by atoms with Gasteiger partial charge in [0.2, 0.25) is 0 Å². The Hall–Kier alpha value is -4.41. The van der Waals surface area contributed by atoms with E-state index in [1.165, 1.54) is 0 Å². The quantitative estimate of drug-likeness (QED) is 0.200. The lowest BCUT2D eigenvalue weighted by Crippen LogP contribution is -2.47. The van der Waals surface area contributed by atoms with Crippen LogP contribution in [-0.4, -0.2) is 41.0 Å². The first kappa shape index (κ1) is 26.6. The molecule has 3 N–H and O–H groups in total. The molecule has 0 aliphatic heterocycles. The number of nitrogens with zero attached hydrogens (tertiary/aromatic N) is 1. The van der Waals surface area contributed by atoms with Gasteiger partial charge in [0.05, 0.1) is 12.6 Å². The maximum Gasteiger partial charge on any atom is 0.320 e. The van der Waals surface area contributed by atoms with Crippen molar-refractivity contribution in [1.29, 1.82) is 5.26 Å². The molecule has 1 aromatic heterocycles. The van der Waals surface area contributed by atoms with Gasteiger partial charge in [0.15, 0.2) is 5.78 Å². The average Bonchev–Trinajstić information content (AvgIpc) is 3.32. The molecule has 1 heterocycles. The van der Waals surface area contributed by atoms with E-state index in [4.69, 9.17) is 4.74 Å². The Morgan fingerprint density at radius 1 is 0.974 bits per heavy atom. The standard InChI is InChI=1S/C31H32N4O3/c1-31(2,3)38-29(36)20-34-27(17-22-19-33-25-15-9-7-13-23(22)25)28(18-32)35-26-16-10-8-14-24(26)30(37)21-11-5-4-6-12-21/h4-16,19,27-28,33-35H,17,20H2,1-3H3/t27-,28?/m0/s1. The molecule has 0 aliphatic rings. The van der Waals surface area contributed by atoms with Crippen LogP contribution in [0.5, 0.6) is 0 Å². The van der Waals surface area contributed by atoms with Crippen LogP contribution >= 0.6 is 0 Å². The van der Waals surface area contributed by atoms with Gasteiger partial charge in [-0.2, -0.15) is 5.26 Å². The Morgan fingerprint density at radius 2 is 1.66 bits per heavy atom. The molecule has 1 unspecified atom stereocenters. The topological polar surface area (TPSA) is 107 Å². The monoisotopic (exact) mass is 508 g/mol. The minimum absolute atomic E-state index is 0.0608. The van der Waals surface area contributed by atoms with Gasteiger partial charge in [-0.1, -0.05) is 60.7 Å². The summed E-state index contributed by atoms with van der Waals surface area (Å²) in [6.07, 6.45) is 2.39. The van der Waals surface area contributed by atoms with Crippen LogP contribution in [0.3, 0.4) is 0 Å². The van der Waals surface area contributed by atoms with Crippen molar-refractivity contribution < 1.29 is 14.3 Å². The summed E-state index contributed by atoms with van der Waals surface area (Å²) in [7, 11) is 0. The predicted octanol–water partition coefficient (Wildman–Crippen LogP) is 5.25. The van der Waals surface area contributed by atoms with E-state index in [-0.39, 0.29) is 12.3 Å². The van der Waals surface area contributed by atoms with Gasteiger partial charge in [-0.25, -0.2) is 0 Å². The lowest BCUT2D eigenvalue weighted by atomic mass is 9.97. The second kappa shape index (κ2) is 11.8. The summed E-state index contributed by atoms with van der Waals surface area (Å²) in [5.41, 5.74) is 2.97. The van der Waals surface area contributed by atoms with Crippen molar-refractivity contribution in [1.82, 2.24) is 10.3 Å². The summed E-state index contributed by atoms with van der Waals surface area (Å²) in [5.74, 6) is -0.543. The molecule has 0 saturated carbocycles. The molecule has 0 fully saturated rings. The van der Waals surface area contributed by atoms with Crippen molar-refractivity contribution in [3.05, 3.63) is 102 Å². The molecule has 7 nitrogen and oxygen atoms in total. The van der Waals surface area contributed by atoms with Gasteiger partial charge in [-0.05, 0) is 51.0 Å². The molecule has 0 saturated heterocycles. The fraction of sp³-hybridized carbons (Fsp3) is 0.258. The van der Waals surface area contributed by atoms with E-state index in [1.54, 1.807) is 30.3 Å². The van der Waals surface area contributed by atoms with Crippen molar-refractivity contribution >= 4 is 28.3 Å². The van der Waals surface area contributed by atoms with E-state index < -0.39 is 23.7 Å². The fourth-order valence-electron chi connectivity index (χ4n) is 4.38. The highest BCUT2D eigenvalue weighted by Crippen LogP contribution is 2.23. The number of hydrogen-bond donors (Lipinski definition) is 3. The molecule has 0 radical (unpaired) electrons. The van der Waals surface area contributed by atoms with Crippen molar-refractivity contribution in [2.24, 2.45) is 0 Å². The van der Waals surface area contributed by atoms with Crippen molar-refractivity contribution in [2.45, 2.75) is 44.9 Å². The maximum atomic E-state index is 13.3. The summed E-state index contributed by atoms with van der Waals surface area (Å²) in [4.78, 5) is 29.0. The number of benzene rings is 3. The largest absolute Gasteiger partial charge is 0.459 e. The molecular formula is C31H32N4O3. The second-order valence-corrected chi connectivity index (χ2v) is 10.1. The van der Waals surface area contributed by atoms with Crippen LogP contribution in [0.2, 0.25) is 0 Å². The maximum absolute atomic E-state index is 13.3. The van der Waals surface area contributed by atoms with Crippen molar-refractivity contribution in [2.75, 3.05) is 11.9 Å². The average molecular weight is 509 g/mol. The highest BCUT2D eigenvalue weighted by atomic mass is 16.6. The molecule has 3 aromatic carbocycles. The Kier molecular flexibility index (Phi) is 8.25. The van der Waals surface area contributed by atoms with Gasteiger partial charge in [0.1, 0.15) is 11.6 Å². The van der Waals surface area contributed by atoms with E-state index >= 15 is 0 Å². The SMILES string of the molecule is CC(C)(C)OC(=O)CN[C@@H](Cc1c[nH]c2ccccc12)C(C#N)Nc1ccccc1C(=O)c1ccccc1. The smallest absolute Gasteiger partial charge is 0.320 e. The zero-order valence-electron chi connectivity index (χ0n) is 21.8. The number of fused-ring (bicyclic) bond motifs is 1. The lowest BCUT2D eigenvalue weighted by Gasteiger charge is -2.26. The van der Waals surface area contributed by atoms with Crippen LogP contribution in [0.1, 0.15) is 42.3 Å². The first-order valence-corrected chi connectivity index (χ1v) is 12.6. The molecule has 0 spiro atoms. The third-order valence-electron chi connectivity index (χ3n) is 6.10. The number of aromatic nitrogens is 1. The number of aromatic amines is 1. The van der Waals surface area contributed by atoms with Crippen LogP contribution in [0.25, 0.3) is 10.9 Å². The summed E-state index contributed by atoms with van der Waals surface area (Å²) >= 11 is 0. The Morgan fingerprint density at radius 3 is 2.39 bits per heavy atom. The van der Waals surface area contributed by atoms with E-state index in [2.05, 4.69) is 21.7 Å². The normalized spacial score (nSPS) is 12.9. The molecule has 7 heteroatoms. The number of ketones is 1. The molecule has 4 aromatic rings. The van der Waals surface area contributed by atoms with Gasteiger partial charge in [-0.3, -0.25) is 9.59 Å². The first-order chi connectivity index (χ1) is 18.2. The number of nitrogens with one attached hydrogen (secondary N) is 3. The number of hydrogen-bond acceptors (Lipinski definition) is 6. The lowest BCUT2D eigenvalue weighted by molar-refractivity contribution is -0.153. The summed E-state index contributed by atoms with van der Waals surface area (Å²) in [5, 5.41) is 17.8. The van der Waals surface area contributed by atoms with Gasteiger partial charge >= 0.3 is 5.97 Å². The molecule has 194 valence electrons. The second-order valence-electron chi connectivity index (χ2n) is 10.1. The fourth-order valence-corrected chi connectivity index (χ4v) is 4.38. The molecule has 38 heavy (non-hydrogen) atoms. The number of ether oxygens (including phenoxy) is 1. The number of H-pyrrole nitrogens is 1. The van der Waals surface area contributed by atoms with Crippen LogP contribution in [0.4, 0.5) is 5.69 Å². The number of esters is 1. The molecule has 0 bridgehead atoms. The van der Waals surface area contributed by atoms with E-state index in [0.29, 0.717) is 23.2 Å². The zero-order chi connectivity index (χ0) is 27.1. The van der Waals surface area contributed by atoms with E-state index in [1.807, 2.05) is 75.5 Å².